The SMILES string of the molecule is CC(=O)N1CC(C(=O)N2CCN(Cc3ccccc3)C(C(N)=O)C2)C1. The molecule has 0 saturated carbocycles. The van der Waals surface area contributed by atoms with Crippen molar-refractivity contribution in [1.82, 2.24) is 14.7 Å². The van der Waals surface area contributed by atoms with Crippen molar-refractivity contribution in [2.75, 3.05) is 32.7 Å². The van der Waals surface area contributed by atoms with E-state index in [4.69, 9.17) is 5.73 Å². The molecular weight excluding hydrogens is 320 g/mol. The summed E-state index contributed by atoms with van der Waals surface area (Å²) in [6, 6.07) is 9.43. The van der Waals surface area contributed by atoms with Crippen molar-refractivity contribution in [2.45, 2.75) is 19.5 Å². The average Bonchev–Trinajstić information content (AvgIpc) is 2.54. The molecule has 1 aromatic rings. The van der Waals surface area contributed by atoms with E-state index in [9.17, 15) is 14.4 Å². The number of carbonyl (C=O) groups is 3. The number of likely N-dealkylation sites (tertiary alicyclic amines) is 1. The standard InChI is InChI=1S/C18H24N4O3/c1-13(23)22-10-15(11-22)18(25)21-8-7-20(16(12-21)17(19)24)9-14-5-3-2-4-6-14/h2-6,15-16H,7-12H2,1H3,(H2,19,24). The first kappa shape index (κ1) is 17.4. The Morgan fingerprint density at radius 3 is 2.32 bits per heavy atom. The topological polar surface area (TPSA) is 87.0 Å². The second-order valence-corrected chi connectivity index (χ2v) is 6.78. The summed E-state index contributed by atoms with van der Waals surface area (Å²) in [6.07, 6.45) is 0. The van der Waals surface area contributed by atoms with Crippen molar-refractivity contribution in [2.24, 2.45) is 11.7 Å². The Kier molecular flexibility index (Phi) is 5.03. The lowest BCUT2D eigenvalue weighted by Gasteiger charge is -2.44. The van der Waals surface area contributed by atoms with E-state index in [1.807, 2.05) is 35.2 Å². The smallest absolute Gasteiger partial charge is 0.236 e. The average molecular weight is 344 g/mol. The van der Waals surface area contributed by atoms with Crippen molar-refractivity contribution in [3.63, 3.8) is 0 Å². The van der Waals surface area contributed by atoms with Gasteiger partial charge in [-0.2, -0.15) is 0 Å². The molecule has 7 heteroatoms. The second-order valence-electron chi connectivity index (χ2n) is 6.78. The summed E-state index contributed by atoms with van der Waals surface area (Å²) >= 11 is 0. The van der Waals surface area contributed by atoms with Gasteiger partial charge in [-0.05, 0) is 5.56 Å². The van der Waals surface area contributed by atoms with Gasteiger partial charge in [-0.3, -0.25) is 19.3 Å². The molecule has 0 spiro atoms. The molecule has 1 aromatic carbocycles. The maximum absolute atomic E-state index is 12.6. The Hall–Kier alpha value is -2.41. The highest BCUT2D eigenvalue weighted by Crippen LogP contribution is 2.21. The molecule has 2 N–H and O–H groups in total. The van der Waals surface area contributed by atoms with Crippen LogP contribution in [0.3, 0.4) is 0 Å². The maximum atomic E-state index is 12.6. The summed E-state index contributed by atoms with van der Waals surface area (Å²) in [4.78, 5) is 41.2. The van der Waals surface area contributed by atoms with Gasteiger partial charge in [-0.15, -0.1) is 0 Å². The molecule has 0 aromatic heterocycles. The van der Waals surface area contributed by atoms with Gasteiger partial charge in [-0.1, -0.05) is 30.3 Å². The Balaban J connectivity index is 1.60. The van der Waals surface area contributed by atoms with Crippen LogP contribution in [0.15, 0.2) is 30.3 Å². The third kappa shape index (κ3) is 3.82. The van der Waals surface area contributed by atoms with Crippen LogP contribution < -0.4 is 5.73 Å². The van der Waals surface area contributed by atoms with Gasteiger partial charge in [-0.25, -0.2) is 0 Å². The Morgan fingerprint density at radius 1 is 1.04 bits per heavy atom. The predicted molar refractivity (Wildman–Crippen MR) is 92.2 cm³/mol. The largest absolute Gasteiger partial charge is 0.368 e. The van der Waals surface area contributed by atoms with Gasteiger partial charge in [0.15, 0.2) is 0 Å². The lowest BCUT2D eigenvalue weighted by atomic mass is 9.97. The molecule has 2 aliphatic heterocycles. The van der Waals surface area contributed by atoms with E-state index in [-0.39, 0.29) is 17.7 Å². The molecule has 0 radical (unpaired) electrons. The van der Waals surface area contributed by atoms with E-state index in [2.05, 4.69) is 0 Å². The molecule has 1 atom stereocenters. The number of piperazine rings is 1. The first-order chi connectivity index (χ1) is 12.0. The van der Waals surface area contributed by atoms with E-state index in [1.165, 1.54) is 6.92 Å². The van der Waals surface area contributed by atoms with E-state index in [1.54, 1.807) is 9.80 Å². The molecular formula is C18H24N4O3. The summed E-state index contributed by atoms with van der Waals surface area (Å²) in [5, 5.41) is 0. The van der Waals surface area contributed by atoms with Crippen molar-refractivity contribution in [3.8, 4) is 0 Å². The van der Waals surface area contributed by atoms with E-state index in [0.29, 0.717) is 39.3 Å². The lowest BCUT2D eigenvalue weighted by molar-refractivity contribution is -0.150. The number of benzene rings is 1. The Labute approximate surface area is 147 Å². The van der Waals surface area contributed by atoms with Gasteiger partial charge in [0.05, 0.1) is 5.92 Å². The molecule has 0 aliphatic carbocycles. The first-order valence-corrected chi connectivity index (χ1v) is 8.57. The molecule has 1 unspecified atom stereocenters. The van der Waals surface area contributed by atoms with Crippen LogP contribution >= 0.6 is 0 Å². The molecule has 134 valence electrons. The normalized spacial score (nSPS) is 21.7. The summed E-state index contributed by atoms with van der Waals surface area (Å²) < 4.78 is 0. The molecule has 2 fully saturated rings. The van der Waals surface area contributed by atoms with E-state index >= 15 is 0 Å². The number of nitrogens with zero attached hydrogens (tertiary/aromatic N) is 3. The monoisotopic (exact) mass is 344 g/mol. The summed E-state index contributed by atoms with van der Waals surface area (Å²) in [5.41, 5.74) is 6.70. The number of rotatable bonds is 4. The van der Waals surface area contributed by atoms with Crippen LogP contribution in [-0.2, 0) is 20.9 Å². The zero-order valence-corrected chi connectivity index (χ0v) is 14.4. The number of hydrogen-bond acceptors (Lipinski definition) is 4. The van der Waals surface area contributed by atoms with Crippen LogP contribution in [0.5, 0.6) is 0 Å². The molecule has 2 aliphatic rings. The highest BCUT2D eigenvalue weighted by Gasteiger charge is 2.40. The fraction of sp³-hybridized carbons (Fsp3) is 0.500. The quantitative estimate of drug-likeness (QED) is 0.810. The minimum Gasteiger partial charge on any atom is -0.368 e. The van der Waals surface area contributed by atoms with Crippen LogP contribution in [0.1, 0.15) is 12.5 Å². The third-order valence-electron chi connectivity index (χ3n) is 5.04. The minimum absolute atomic E-state index is 0.00765. The van der Waals surface area contributed by atoms with Gasteiger partial charge in [0.1, 0.15) is 6.04 Å². The lowest BCUT2D eigenvalue weighted by Crippen LogP contribution is -2.62. The van der Waals surface area contributed by atoms with Crippen molar-refractivity contribution in [3.05, 3.63) is 35.9 Å². The van der Waals surface area contributed by atoms with E-state index < -0.39 is 11.9 Å². The van der Waals surface area contributed by atoms with Gasteiger partial charge in [0, 0.05) is 46.2 Å². The number of nitrogens with two attached hydrogens (primary N) is 1. The Bertz CT molecular complexity index is 658. The molecule has 25 heavy (non-hydrogen) atoms. The molecule has 7 nitrogen and oxygen atoms in total. The summed E-state index contributed by atoms with van der Waals surface area (Å²) in [7, 11) is 0. The van der Waals surface area contributed by atoms with Crippen LogP contribution in [0.25, 0.3) is 0 Å². The molecule has 2 saturated heterocycles. The summed E-state index contributed by atoms with van der Waals surface area (Å²) in [5.74, 6) is -0.555. The van der Waals surface area contributed by atoms with Crippen LogP contribution in [0.2, 0.25) is 0 Å². The second kappa shape index (κ2) is 7.23. The maximum Gasteiger partial charge on any atom is 0.236 e. The molecule has 2 heterocycles. The molecule has 3 rings (SSSR count). The highest BCUT2D eigenvalue weighted by molar-refractivity contribution is 5.85. The Morgan fingerprint density at radius 2 is 1.72 bits per heavy atom. The summed E-state index contributed by atoms with van der Waals surface area (Å²) in [6.45, 7) is 4.59. The molecule has 0 bridgehead atoms. The first-order valence-electron chi connectivity index (χ1n) is 8.57. The number of carbonyl (C=O) groups excluding carboxylic acids is 3. The number of hydrogen-bond donors (Lipinski definition) is 1. The predicted octanol–water partition coefficient (Wildman–Crippen LogP) is -0.337. The van der Waals surface area contributed by atoms with Crippen molar-refractivity contribution in [1.29, 1.82) is 0 Å². The van der Waals surface area contributed by atoms with Crippen LogP contribution in [0.4, 0.5) is 0 Å². The van der Waals surface area contributed by atoms with E-state index in [0.717, 1.165) is 5.56 Å². The minimum atomic E-state index is -0.484. The van der Waals surface area contributed by atoms with Crippen LogP contribution in [-0.4, -0.2) is 71.2 Å². The number of amides is 3. The van der Waals surface area contributed by atoms with Crippen LogP contribution in [0, 0.1) is 5.92 Å². The van der Waals surface area contributed by atoms with Gasteiger partial charge in [0.25, 0.3) is 0 Å². The highest BCUT2D eigenvalue weighted by atomic mass is 16.2. The fourth-order valence-electron chi connectivity index (χ4n) is 3.45. The van der Waals surface area contributed by atoms with Gasteiger partial charge >= 0.3 is 0 Å². The van der Waals surface area contributed by atoms with Gasteiger partial charge in [0.2, 0.25) is 17.7 Å². The fourth-order valence-corrected chi connectivity index (χ4v) is 3.45. The third-order valence-corrected chi connectivity index (χ3v) is 5.04. The van der Waals surface area contributed by atoms with Crippen molar-refractivity contribution < 1.29 is 14.4 Å². The van der Waals surface area contributed by atoms with Gasteiger partial charge < -0.3 is 15.5 Å². The zero-order valence-electron chi connectivity index (χ0n) is 14.4. The number of primary amides is 1. The molecule has 3 amide bonds. The van der Waals surface area contributed by atoms with Crippen molar-refractivity contribution >= 4 is 17.7 Å². The zero-order chi connectivity index (χ0) is 18.0.